The zero-order valence-electron chi connectivity index (χ0n) is 12.8. The monoisotopic (exact) mass is 292 g/mol. The van der Waals surface area contributed by atoms with E-state index in [0.29, 0.717) is 0 Å². The summed E-state index contributed by atoms with van der Waals surface area (Å²) >= 11 is 0. The van der Waals surface area contributed by atoms with Gasteiger partial charge in [-0.1, -0.05) is 60.7 Å². The summed E-state index contributed by atoms with van der Waals surface area (Å²) in [4.78, 5) is 4.18. The lowest BCUT2D eigenvalue weighted by Gasteiger charge is -2.04. The molecule has 0 amide bonds. The number of rotatable bonds is 4. The first-order valence-corrected chi connectivity index (χ1v) is 7.01. The molecule has 2 aromatic carbocycles. The van der Waals surface area contributed by atoms with Gasteiger partial charge < -0.3 is 11.1 Å². The number of nitrogen functional groups attached to an aromatic ring is 1. The second-order valence-corrected chi connectivity index (χ2v) is 4.81. The zero-order valence-corrected chi connectivity index (χ0v) is 12.8. The minimum absolute atomic E-state index is 0.0871. The number of aliphatic imine (C=N–C) groups is 1. The second-order valence-electron chi connectivity index (χ2n) is 4.81. The number of hydrogen-bond donors (Lipinski definition) is 3. The van der Waals surface area contributed by atoms with Crippen molar-refractivity contribution in [1.82, 2.24) is 5.32 Å². The minimum Gasteiger partial charge on any atom is -0.384 e. The molecule has 0 bridgehead atoms. The van der Waals surface area contributed by atoms with Crippen LogP contribution in [0.25, 0.3) is 12.2 Å². The first-order valence-electron chi connectivity index (χ1n) is 7.01. The molecular weight excluding hydrogens is 272 g/mol. The van der Waals surface area contributed by atoms with E-state index in [0.717, 1.165) is 28.1 Å². The number of nitrogens with zero attached hydrogens (tertiary/aromatic N) is 1. The van der Waals surface area contributed by atoms with E-state index in [1.807, 2.05) is 49.5 Å². The Morgan fingerprint density at radius 2 is 1.41 bits per heavy atom. The standard InChI is InChI=1S/C18H20N4/c1-21-18(22-2)16-11-7-14(8-12-16)4-3-13-5-9-15(10-6-13)17(19)20/h3-12H,1-2H3,(H3,19,20)(H,21,22)/b4-3-. The van der Waals surface area contributed by atoms with Crippen molar-refractivity contribution < 1.29 is 0 Å². The van der Waals surface area contributed by atoms with E-state index in [-0.39, 0.29) is 5.84 Å². The molecule has 0 unspecified atom stereocenters. The lowest BCUT2D eigenvalue weighted by molar-refractivity contribution is 1.15. The maximum Gasteiger partial charge on any atom is 0.127 e. The molecule has 2 rings (SSSR count). The molecule has 4 N–H and O–H groups in total. The Hall–Kier alpha value is -2.88. The smallest absolute Gasteiger partial charge is 0.127 e. The van der Waals surface area contributed by atoms with Gasteiger partial charge in [-0.25, -0.2) is 0 Å². The predicted octanol–water partition coefficient (Wildman–Crippen LogP) is 2.74. The van der Waals surface area contributed by atoms with Crippen LogP contribution in [0.15, 0.2) is 53.5 Å². The van der Waals surface area contributed by atoms with Gasteiger partial charge in [-0.05, 0) is 11.1 Å². The van der Waals surface area contributed by atoms with E-state index in [2.05, 4.69) is 28.5 Å². The normalized spacial score (nSPS) is 11.6. The van der Waals surface area contributed by atoms with Crippen molar-refractivity contribution in [3.8, 4) is 0 Å². The average Bonchev–Trinajstić information content (AvgIpc) is 2.55. The van der Waals surface area contributed by atoms with Crippen LogP contribution in [0.4, 0.5) is 0 Å². The third kappa shape index (κ3) is 3.82. The molecule has 4 nitrogen and oxygen atoms in total. The molecule has 2 aromatic rings. The fourth-order valence-electron chi connectivity index (χ4n) is 2.10. The van der Waals surface area contributed by atoms with Crippen molar-refractivity contribution in [2.45, 2.75) is 0 Å². The van der Waals surface area contributed by atoms with Crippen molar-refractivity contribution in [3.63, 3.8) is 0 Å². The van der Waals surface area contributed by atoms with Crippen LogP contribution in [0, 0.1) is 5.41 Å². The summed E-state index contributed by atoms with van der Waals surface area (Å²) in [5.41, 5.74) is 9.43. The summed E-state index contributed by atoms with van der Waals surface area (Å²) in [5, 5.41) is 10.4. The highest BCUT2D eigenvalue weighted by Gasteiger charge is 1.99. The van der Waals surface area contributed by atoms with Gasteiger partial charge in [-0.2, -0.15) is 0 Å². The number of nitrogens with two attached hydrogens (primary N) is 1. The Morgan fingerprint density at radius 3 is 1.77 bits per heavy atom. The molecule has 0 aromatic heterocycles. The first kappa shape index (κ1) is 15.5. The third-order valence-corrected chi connectivity index (χ3v) is 3.33. The van der Waals surface area contributed by atoms with Crippen LogP contribution in [0.1, 0.15) is 22.3 Å². The fraction of sp³-hybridized carbons (Fsp3) is 0.111. The average molecular weight is 292 g/mol. The van der Waals surface area contributed by atoms with Gasteiger partial charge in [0.05, 0.1) is 0 Å². The molecule has 0 saturated carbocycles. The molecule has 4 heteroatoms. The SMILES string of the molecule is CN=C(NC)c1ccc(/C=C\c2ccc(C(=N)N)cc2)cc1. The van der Waals surface area contributed by atoms with E-state index >= 15 is 0 Å². The fourth-order valence-corrected chi connectivity index (χ4v) is 2.10. The Morgan fingerprint density at radius 1 is 0.955 bits per heavy atom. The Balaban J connectivity index is 2.11. The number of amidine groups is 2. The summed E-state index contributed by atoms with van der Waals surface area (Å²) in [7, 11) is 3.63. The van der Waals surface area contributed by atoms with Crippen LogP contribution in [0.5, 0.6) is 0 Å². The molecule has 0 aliphatic carbocycles. The van der Waals surface area contributed by atoms with E-state index in [1.54, 1.807) is 7.05 Å². The van der Waals surface area contributed by atoms with Gasteiger partial charge in [0.15, 0.2) is 0 Å². The van der Waals surface area contributed by atoms with E-state index in [9.17, 15) is 0 Å². The van der Waals surface area contributed by atoms with Crippen LogP contribution in [-0.4, -0.2) is 25.8 Å². The van der Waals surface area contributed by atoms with Crippen LogP contribution >= 0.6 is 0 Å². The number of hydrogen-bond acceptors (Lipinski definition) is 2. The number of nitrogens with one attached hydrogen (secondary N) is 2. The van der Waals surface area contributed by atoms with Crippen molar-refractivity contribution in [2.75, 3.05) is 14.1 Å². The summed E-state index contributed by atoms with van der Waals surface area (Å²) in [6.07, 6.45) is 4.08. The highest BCUT2D eigenvalue weighted by atomic mass is 14.9. The van der Waals surface area contributed by atoms with Gasteiger partial charge in [0, 0.05) is 25.2 Å². The molecule has 0 saturated heterocycles. The molecular formula is C18H20N4. The molecule has 0 radical (unpaired) electrons. The molecule has 22 heavy (non-hydrogen) atoms. The van der Waals surface area contributed by atoms with Gasteiger partial charge >= 0.3 is 0 Å². The van der Waals surface area contributed by atoms with Gasteiger partial charge in [0.2, 0.25) is 0 Å². The van der Waals surface area contributed by atoms with Crippen LogP contribution in [-0.2, 0) is 0 Å². The molecule has 0 aliphatic rings. The summed E-state index contributed by atoms with van der Waals surface area (Å²) in [6, 6.07) is 15.8. The molecule has 0 aliphatic heterocycles. The number of benzene rings is 2. The van der Waals surface area contributed by atoms with Gasteiger partial charge in [0.1, 0.15) is 11.7 Å². The molecule has 0 fully saturated rings. The van der Waals surface area contributed by atoms with E-state index < -0.39 is 0 Å². The third-order valence-electron chi connectivity index (χ3n) is 3.33. The van der Waals surface area contributed by atoms with Gasteiger partial charge in [-0.15, -0.1) is 0 Å². The summed E-state index contributed by atoms with van der Waals surface area (Å²) in [5.74, 6) is 0.958. The van der Waals surface area contributed by atoms with E-state index in [4.69, 9.17) is 11.1 Å². The van der Waals surface area contributed by atoms with Crippen LogP contribution in [0.3, 0.4) is 0 Å². The maximum atomic E-state index is 7.37. The lowest BCUT2D eigenvalue weighted by atomic mass is 10.1. The largest absolute Gasteiger partial charge is 0.384 e. The lowest BCUT2D eigenvalue weighted by Crippen LogP contribution is -2.19. The molecule has 0 spiro atoms. The Kier molecular flexibility index (Phi) is 5.09. The topological polar surface area (TPSA) is 74.3 Å². The summed E-state index contributed by atoms with van der Waals surface area (Å²) in [6.45, 7) is 0. The highest BCUT2D eigenvalue weighted by Crippen LogP contribution is 2.11. The van der Waals surface area contributed by atoms with Crippen molar-refractivity contribution in [3.05, 3.63) is 70.8 Å². The maximum absolute atomic E-state index is 7.37. The first-order chi connectivity index (χ1) is 10.6. The molecule has 0 heterocycles. The molecule has 112 valence electrons. The second kappa shape index (κ2) is 7.22. The van der Waals surface area contributed by atoms with Crippen molar-refractivity contribution in [2.24, 2.45) is 10.7 Å². The van der Waals surface area contributed by atoms with Crippen LogP contribution in [0.2, 0.25) is 0 Å². The van der Waals surface area contributed by atoms with Crippen LogP contribution < -0.4 is 11.1 Å². The van der Waals surface area contributed by atoms with Gasteiger partial charge in [0.25, 0.3) is 0 Å². The minimum atomic E-state index is 0.0871. The van der Waals surface area contributed by atoms with Crippen molar-refractivity contribution >= 4 is 23.8 Å². The quantitative estimate of drug-likeness (QED) is 0.460. The molecule has 0 atom stereocenters. The predicted molar refractivity (Wildman–Crippen MR) is 94.3 cm³/mol. The zero-order chi connectivity index (χ0) is 15.9. The van der Waals surface area contributed by atoms with E-state index in [1.165, 1.54) is 0 Å². The van der Waals surface area contributed by atoms with Crippen molar-refractivity contribution in [1.29, 1.82) is 5.41 Å². The highest BCUT2D eigenvalue weighted by molar-refractivity contribution is 5.98. The summed E-state index contributed by atoms with van der Waals surface area (Å²) < 4.78 is 0. The van der Waals surface area contributed by atoms with Gasteiger partial charge in [-0.3, -0.25) is 10.4 Å². The Bertz CT molecular complexity index is 695. The Labute approximate surface area is 130 Å².